The minimum absolute atomic E-state index is 0.569. The Morgan fingerprint density at radius 3 is 2.74 bits per heavy atom. The van der Waals surface area contributed by atoms with Crippen molar-refractivity contribution in [3.05, 3.63) is 41.9 Å². The van der Waals surface area contributed by atoms with Crippen molar-refractivity contribution < 1.29 is 0 Å². The number of hydrogen-bond acceptors (Lipinski definition) is 5. The quantitative estimate of drug-likeness (QED) is 0.827. The summed E-state index contributed by atoms with van der Waals surface area (Å²) in [6.07, 6.45) is 10.6. The molecular formula is C14H19N5. The van der Waals surface area contributed by atoms with E-state index in [-0.39, 0.29) is 0 Å². The van der Waals surface area contributed by atoms with Crippen LogP contribution in [0.15, 0.2) is 36.2 Å². The molecule has 1 aromatic rings. The zero-order chi connectivity index (χ0) is 13.3. The molecule has 1 fully saturated rings. The lowest BCUT2D eigenvalue weighted by molar-refractivity contribution is 0.541. The number of hydrogen-bond donors (Lipinski definition) is 2. The van der Waals surface area contributed by atoms with Crippen LogP contribution in [0.1, 0.15) is 25.0 Å². The normalized spacial score (nSPS) is 26.6. The molecule has 0 radical (unpaired) electrons. The van der Waals surface area contributed by atoms with Gasteiger partial charge in [-0.1, -0.05) is 12.2 Å². The molecule has 0 spiro atoms. The SMILES string of the molecule is NC1=CCC(N)(c2ccnc(N3CCCC3)n2)C=C1. The van der Waals surface area contributed by atoms with Gasteiger partial charge >= 0.3 is 0 Å². The van der Waals surface area contributed by atoms with Gasteiger partial charge in [-0.15, -0.1) is 0 Å². The third-order valence-electron chi connectivity index (χ3n) is 3.76. The van der Waals surface area contributed by atoms with Crippen molar-refractivity contribution >= 4 is 5.95 Å². The lowest BCUT2D eigenvalue weighted by Gasteiger charge is -2.27. The van der Waals surface area contributed by atoms with Crippen LogP contribution in [-0.4, -0.2) is 23.1 Å². The van der Waals surface area contributed by atoms with Crippen molar-refractivity contribution in [1.29, 1.82) is 0 Å². The summed E-state index contributed by atoms with van der Waals surface area (Å²) in [5.41, 5.74) is 13.2. The fourth-order valence-electron chi connectivity index (χ4n) is 2.53. The Morgan fingerprint density at radius 1 is 1.26 bits per heavy atom. The summed E-state index contributed by atoms with van der Waals surface area (Å²) >= 11 is 0. The Hall–Kier alpha value is -1.88. The van der Waals surface area contributed by atoms with Gasteiger partial charge in [0.2, 0.25) is 5.95 Å². The highest BCUT2D eigenvalue weighted by Crippen LogP contribution is 2.27. The standard InChI is InChI=1S/C14H19N5/c15-11-3-6-14(16,7-4-11)12-5-8-17-13(18-12)19-9-1-2-10-19/h3-6,8H,1-2,7,9-10,15-16H2. The van der Waals surface area contributed by atoms with E-state index in [1.165, 1.54) is 12.8 Å². The molecule has 1 aliphatic carbocycles. The van der Waals surface area contributed by atoms with Gasteiger partial charge in [0.25, 0.3) is 0 Å². The van der Waals surface area contributed by atoms with Crippen LogP contribution in [0.5, 0.6) is 0 Å². The average Bonchev–Trinajstić information content (AvgIpc) is 2.97. The molecule has 5 nitrogen and oxygen atoms in total. The van der Waals surface area contributed by atoms with E-state index < -0.39 is 5.54 Å². The van der Waals surface area contributed by atoms with Gasteiger partial charge < -0.3 is 16.4 Å². The summed E-state index contributed by atoms with van der Waals surface area (Å²) in [6.45, 7) is 2.06. The summed E-state index contributed by atoms with van der Waals surface area (Å²) < 4.78 is 0. The molecule has 19 heavy (non-hydrogen) atoms. The number of nitrogens with two attached hydrogens (primary N) is 2. The number of nitrogens with zero attached hydrogens (tertiary/aromatic N) is 3. The molecule has 2 heterocycles. The zero-order valence-corrected chi connectivity index (χ0v) is 10.9. The molecule has 0 saturated carbocycles. The van der Waals surface area contributed by atoms with Crippen molar-refractivity contribution in [2.24, 2.45) is 11.5 Å². The minimum atomic E-state index is -0.569. The van der Waals surface area contributed by atoms with Crippen LogP contribution in [0.3, 0.4) is 0 Å². The largest absolute Gasteiger partial charge is 0.399 e. The molecule has 100 valence electrons. The first-order valence-electron chi connectivity index (χ1n) is 6.70. The predicted molar refractivity (Wildman–Crippen MR) is 75.4 cm³/mol. The molecule has 1 aromatic heterocycles. The molecule has 0 amide bonds. The number of aromatic nitrogens is 2. The Bertz CT molecular complexity index is 530. The maximum atomic E-state index is 6.41. The van der Waals surface area contributed by atoms with Gasteiger partial charge in [0.1, 0.15) is 0 Å². The Morgan fingerprint density at radius 2 is 2.05 bits per heavy atom. The summed E-state index contributed by atoms with van der Waals surface area (Å²) in [4.78, 5) is 11.2. The first-order chi connectivity index (χ1) is 9.17. The summed E-state index contributed by atoms with van der Waals surface area (Å²) in [5.74, 6) is 0.788. The molecule has 0 bridgehead atoms. The summed E-state index contributed by atoms with van der Waals surface area (Å²) in [7, 11) is 0. The van der Waals surface area contributed by atoms with E-state index in [1.807, 2.05) is 24.3 Å². The van der Waals surface area contributed by atoms with Crippen molar-refractivity contribution in [3.63, 3.8) is 0 Å². The second-order valence-electron chi connectivity index (χ2n) is 5.22. The monoisotopic (exact) mass is 257 g/mol. The maximum absolute atomic E-state index is 6.41. The van der Waals surface area contributed by atoms with E-state index in [0.717, 1.165) is 30.4 Å². The van der Waals surface area contributed by atoms with E-state index in [0.29, 0.717) is 6.42 Å². The fraction of sp³-hybridized carbons (Fsp3) is 0.429. The smallest absolute Gasteiger partial charge is 0.225 e. The topological polar surface area (TPSA) is 81.1 Å². The lowest BCUT2D eigenvalue weighted by atomic mass is 9.88. The van der Waals surface area contributed by atoms with Gasteiger partial charge in [0.15, 0.2) is 0 Å². The molecule has 1 atom stereocenters. The molecule has 2 aliphatic rings. The first-order valence-corrected chi connectivity index (χ1v) is 6.70. The highest BCUT2D eigenvalue weighted by Gasteiger charge is 2.28. The molecule has 1 unspecified atom stereocenters. The van der Waals surface area contributed by atoms with Crippen LogP contribution in [0, 0.1) is 0 Å². The number of rotatable bonds is 2. The van der Waals surface area contributed by atoms with Crippen molar-refractivity contribution in [3.8, 4) is 0 Å². The third kappa shape index (κ3) is 2.33. The minimum Gasteiger partial charge on any atom is -0.399 e. The predicted octanol–water partition coefficient (Wildman–Crippen LogP) is 1.03. The van der Waals surface area contributed by atoms with Crippen molar-refractivity contribution in [2.45, 2.75) is 24.8 Å². The van der Waals surface area contributed by atoms with Crippen LogP contribution < -0.4 is 16.4 Å². The highest BCUT2D eigenvalue weighted by molar-refractivity contribution is 5.37. The van der Waals surface area contributed by atoms with Gasteiger partial charge in [0.05, 0.1) is 11.2 Å². The third-order valence-corrected chi connectivity index (χ3v) is 3.76. The molecular weight excluding hydrogens is 238 g/mol. The first kappa shape index (κ1) is 12.2. The fourth-order valence-corrected chi connectivity index (χ4v) is 2.53. The van der Waals surface area contributed by atoms with Crippen LogP contribution in [-0.2, 0) is 5.54 Å². The van der Waals surface area contributed by atoms with E-state index in [2.05, 4.69) is 14.9 Å². The molecule has 3 rings (SSSR count). The Balaban J connectivity index is 1.89. The molecule has 1 aliphatic heterocycles. The Kier molecular flexibility index (Phi) is 2.98. The van der Waals surface area contributed by atoms with E-state index in [9.17, 15) is 0 Å². The van der Waals surface area contributed by atoms with Gasteiger partial charge in [-0.3, -0.25) is 0 Å². The van der Waals surface area contributed by atoms with E-state index in [1.54, 1.807) is 6.20 Å². The van der Waals surface area contributed by atoms with Crippen molar-refractivity contribution in [1.82, 2.24) is 9.97 Å². The summed E-state index contributed by atoms with van der Waals surface area (Å²) in [6, 6.07) is 1.89. The van der Waals surface area contributed by atoms with Gasteiger partial charge in [-0.25, -0.2) is 9.97 Å². The molecule has 4 N–H and O–H groups in total. The highest BCUT2D eigenvalue weighted by atomic mass is 15.3. The van der Waals surface area contributed by atoms with Gasteiger partial charge in [-0.05, 0) is 31.4 Å². The van der Waals surface area contributed by atoms with E-state index in [4.69, 9.17) is 11.5 Å². The molecule has 1 saturated heterocycles. The second kappa shape index (κ2) is 4.66. The lowest BCUT2D eigenvalue weighted by Crippen LogP contribution is -2.37. The van der Waals surface area contributed by atoms with Crippen molar-refractivity contribution in [2.75, 3.05) is 18.0 Å². The molecule has 5 heteroatoms. The van der Waals surface area contributed by atoms with Crippen LogP contribution in [0.25, 0.3) is 0 Å². The Labute approximate surface area is 113 Å². The van der Waals surface area contributed by atoms with Crippen LogP contribution in [0.4, 0.5) is 5.95 Å². The maximum Gasteiger partial charge on any atom is 0.225 e. The van der Waals surface area contributed by atoms with E-state index >= 15 is 0 Å². The number of allylic oxidation sites excluding steroid dienone is 1. The van der Waals surface area contributed by atoms with Crippen LogP contribution in [0.2, 0.25) is 0 Å². The summed E-state index contributed by atoms with van der Waals surface area (Å²) in [5, 5.41) is 0. The zero-order valence-electron chi connectivity index (χ0n) is 10.9. The average molecular weight is 257 g/mol. The van der Waals surface area contributed by atoms with Crippen LogP contribution >= 0.6 is 0 Å². The second-order valence-corrected chi connectivity index (χ2v) is 5.22. The van der Waals surface area contributed by atoms with Gasteiger partial charge in [-0.2, -0.15) is 0 Å². The van der Waals surface area contributed by atoms with Gasteiger partial charge in [0, 0.05) is 25.0 Å². The molecule has 0 aromatic carbocycles. The number of anilines is 1.